The minimum atomic E-state index is -0.232. The minimum Gasteiger partial charge on any atom is -0.395 e. The van der Waals surface area contributed by atoms with E-state index in [4.69, 9.17) is 0 Å². The van der Waals surface area contributed by atoms with Gasteiger partial charge in [-0.15, -0.1) is 0 Å². The van der Waals surface area contributed by atoms with Crippen molar-refractivity contribution in [2.45, 2.75) is 64.4 Å². The summed E-state index contributed by atoms with van der Waals surface area (Å²) in [7, 11) is 0. The molecule has 0 unspecified atom stereocenters. The van der Waals surface area contributed by atoms with Crippen molar-refractivity contribution in [1.82, 2.24) is 0 Å². The van der Waals surface area contributed by atoms with Crippen LogP contribution < -0.4 is 0 Å². The van der Waals surface area contributed by atoms with E-state index in [0.717, 1.165) is 51.4 Å². The first-order chi connectivity index (χ1) is 10.5. The number of carbonyl (C=O) groups excluding carboxylic acids is 1. The number of Topliss-reactive ketones (excluding diaryl/α,β-unsaturated/α-hetero) is 1. The van der Waals surface area contributed by atoms with Crippen LogP contribution in [0, 0.1) is 28.6 Å². The maximum absolute atomic E-state index is 12.4. The molecule has 3 saturated carbocycles. The Labute approximate surface area is 132 Å². The number of aliphatic hydroxyl groups is 2. The molecule has 0 aromatic heterocycles. The Morgan fingerprint density at radius 3 is 2.82 bits per heavy atom. The number of fused-ring (bicyclic) bond motifs is 5. The van der Waals surface area contributed by atoms with E-state index in [9.17, 15) is 15.0 Å². The van der Waals surface area contributed by atoms with Crippen molar-refractivity contribution >= 4 is 5.78 Å². The lowest BCUT2D eigenvalue weighted by Gasteiger charge is -2.57. The molecule has 122 valence electrons. The second-order valence-corrected chi connectivity index (χ2v) is 8.47. The van der Waals surface area contributed by atoms with E-state index < -0.39 is 0 Å². The van der Waals surface area contributed by atoms with Gasteiger partial charge in [-0.25, -0.2) is 0 Å². The van der Waals surface area contributed by atoms with Gasteiger partial charge < -0.3 is 10.2 Å². The maximum atomic E-state index is 12.4. The first-order valence-electron chi connectivity index (χ1n) is 9.03. The summed E-state index contributed by atoms with van der Waals surface area (Å²) in [6.45, 7) is 2.41. The van der Waals surface area contributed by atoms with E-state index in [1.54, 1.807) is 0 Å². The normalized spacial score (nSPS) is 50.9. The topological polar surface area (TPSA) is 57.5 Å². The van der Waals surface area contributed by atoms with E-state index in [1.807, 2.05) is 0 Å². The maximum Gasteiger partial charge on any atom is 0.139 e. The van der Waals surface area contributed by atoms with Gasteiger partial charge in [0.25, 0.3) is 0 Å². The molecule has 4 aliphatic rings. The Kier molecular flexibility index (Phi) is 3.32. The average molecular weight is 304 g/mol. The Bertz CT molecular complexity index is 525. The number of hydrogen-bond acceptors (Lipinski definition) is 3. The van der Waals surface area contributed by atoms with Gasteiger partial charge in [0.1, 0.15) is 5.78 Å². The first kappa shape index (κ1) is 14.9. The van der Waals surface area contributed by atoms with Crippen LogP contribution in [-0.4, -0.2) is 28.7 Å². The average Bonchev–Trinajstić information content (AvgIpc) is 2.82. The molecule has 2 N–H and O–H groups in total. The highest BCUT2D eigenvalue weighted by Crippen LogP contribution is 2.63. The zero-order valence-electron chi connectivity index (χ0n) is 13.6. The molecule has 0 amide bonds. The van der Waals surface area contributed by atoms with Crippen LogP contribution in [0.25, 0.3) is 0 Å². The molecule has 3 nitrogen and oxygen atoms in total. The van der Waals surface area contributed by atoms with Crippen molar-refractivity contribution in [2.24, 2.45) is 28.6 Å². The van der Waals surface area contributed by atoms with Gasteiger partial charge in [0.2, 0.25) is 0 Å². The predicted octanol–water partition coefficient (Wildman–Crippen LogP) is 2.85. The van der Waals surface area contributed by atoms with E-state index in [0.29, 0.717) is 23.5 Å². The van der Waals surface area contributed by atoms with Crippen molar-refractivity contribution in [3.05, 3.63) is 11.6 Å². The molecule has 0 aliphatic heterocycles. The highest BCUT2D eigenvalue weighted by Gasteiger charge is 2.59. The Morgan fingerprint density at radius 1 is 1.23 bits per heavy atom. The van der Waals surface area contributed by atoms with Gasteiger partial charge in [-0.05, 0) is 62.7 Å². The van der Waals surface area contributed by atoms with Crippen molar-refractivity contribution in [3.8, 4) is 0 Å². The smallest absolute Gasteiger partial charge is 0.139 e. The zero-order chi connectivity index (χ0) is 15.5. The minimum absolute atomic E-state index is 0.0999. The molecule has 22 heavy (non-hydrogen) atoms. The number of ketones is 1. The van der Waals surface area contributed by atoms with Crippen LogP contribution in [0.5, 0.6) is 0 Å². The fraction of sp³-hybridized carbons (Fsp3) is 0.842. The molecule has 0 aromatic carbocycles. The second kappa shape index (κ2) is 4.91. The van der Waals surface area contributed by atoms with Gasteiger partial charge in [-0.3, -0.25) is 4.79 Å². The lowest BCUT2D eigenvalue weighted by molar-refractivity contribution is -0.133. The molecule has 4 rings (SSSR count). The molecule has 4 aliphatic carbocycles. The summed E-state index contributed by atoms with van der Waals surface area (Å²) in [6.07, 6.45) is 9.45. The number of hydrogen-bond donors (Lipinski definition) is 2. The largest absolute Gasteiger partial charge is 0.395 e. The van der Waals surface area contributed by atoms with Crippen molar-refractivity contribution in [2.75, 3.05) is 6.61 Å². The summed E-state index contributed by atoms with van der Waals surface area (Å²) < 4.78 is 0. The Balaban J connectivity index is 1.72. The van der Waals surface area contributed by atoms with Gasteiger partial charge in [-0.2, -0.15) is 0 Å². The van der Waals surface area contributed by atoms with Crippen LogP contribution >= 0.6 is 0 Å². The fourth-order valence-electron chi connectivity index (χ4n) is 6.50. The van der Waals surface area contributed by atoms with Gasteiger partial charge in [0.05, 0.1) is 12.7 Å². The van der Waals surface area contributed by atoms with E-state index in [1.165, 1.54) is 5.57 Å². The molecule has 0 aromatic rings. The van der Waals surface area contributed by atoms with E-state index >= 15 is 0 Å². The highest BCUT2D eigenvalue weighted by molar-refractivity contribution is 5.87. The molecule has 3 heteroatoms. The van der Waals surface area contributed by atoms with Crippen LogP contribution in [0.3, 0.4) is 0 Å². The van der Waals surface area contributed by atoms with Gasteiger partial charge in [0, 0.05) is 17.3 Å². The fourth-order valence-corrected chi connectivity index (χ4v) is 6.50. The van der Waals surface area contributed by atoms with Crippen LogP contribution in [0.1, 0.15) is 58.3 Å². The van der Waals surface area contributed by atoms with Crippen LogP contribution in [-0.2, 0) is 4.79 Å². The quantitative estimate of drug-likeness (QED) is 0.732. The van der Waals surface area contributed by atoms with Crippen LogP contribution in [0.15, 0.2) is 11.6 Å². The summed E-state index contributed by atoms with van der Waals surface area (Å²) in [5.74, 6) is 2.04. The number of aliphatic hydroxyl groups excluding tert-OH is 2. The number of carbonyl (C=O) groups is 1. The summed E-state index contributed by atoms with van der Waals surface area (Å²) in [6, 6.07) is 0. The van der Waals surface area contributed by atoms with Gasteiger partial charge >= 0.3 is 0 Å². The van der Waals surface area contributed by atoms with Gasteiger partial charge in [0.15, 0.2) is 0 Å². The van der Waals surface area contributed by atoms with Crippen molar-refractivity contribution in [3.63, 3.8) is 0 Å². The van der Waals surface area contributed by atoms with Crippen molar-refractivity contribution < 1.29 is 15.0 Å². The summed E-state index contributed by atoms with van der Waals surface area (Å²) >= 11 is 0. The van der Waals surface area contributed by atoms with Crippen molar-refractivity contribution in [1.29, 1.82) is 0 Å². The second-order valence-electron chi connectivity index (χ2n) is 8.47. The molecular formula is C19H28O3. The predicted molar refractivity (Wildman–Crippen MR) is 84.1 cm³/mol. The molecule has 3 fully saturated rings. The Hall–Kier alpha value is -0.670. The molecular weight excluding hydrogens is 276 g/mol. The molecule has 0 heterocycles. The van der Waals surface area contributed by atoms with E-state index in [-0.39, 0.29) is 23.5 Å². The monoisotopic (exact) mass is 304 g/mol. The summed E-state index contributed by atoms with van der Waals surface area (Å²) in [4.78, 5) is 12.4. The third-order valence-electron chi connectivity index (χ3n) is 7.79. The molecule has 0 bridgehead atoms. The number of rotatable bonds is 1. The summed E-state index contributed by atoms with van der Waals surface area (Å²) in [5.41, 5.74) is 1.11. The molecule has 6 atom stereocenters. The van der Waals surface area contributed by atoms with E-state index in [2.05, 4.69) is 13.0 Å². The highest BCUT2D eigenvalue weighted by atomic mass is 16.3. The van der Waals surface area contributed by atoms with Gasteiger partial charge in [-0.1, -0.05) is 18.6 Å². The third kappa shape index (κ3) is 1.78. The third-order valence-corrected chi connectivity index (χ3v) is 7.79. The first-order valence-corrected chi connectivity index (χ1v) is 9.03. The standard InChI is InChI=1S/C19H28O3/c1-18-8-7-16-14(15(18)4-5-17(18)22)3-2-12-10-13(21)6-9-19(12,16)11-20/h2,13-16,20-21H,3-11H2,1H3/t13-,14+,15+,16+,18-,19+/m0/s1. The lowest BCUT2D eigenvalue weighted by Crippen LogP contribution is -2.53. The molecule has 0 radical (unpaired) electrons. The van der Waals surface area contributed by atoms with Crippen LogP contribution in [0.4, 0.5) is 0 Å². The Morgan fingerprint density at radius 2 is 2.05 bits per heavy atom. The molecule has 0 spiro atoms. The SMILES string of the molecule is C[C@]12CC[C@@H]3[C@H](CC=C4C[C@@H](O)CC[C@@]43CO)[C@H]1CCC2=O. The van der Waals surface area contributed by atoms with Crippen LogP contribution in [0.2, 0.25) is 0 Å². The number of allylic oxidation sites excluding steroid dienone is 1. The summed E-state index contributed by atoms with van der Waals surface area (Å²) in [5, 5.41) is 20.3. The molecule has 0 saturated heterocycles. The lowest BCUT2D eigenvalue weighted by atomic mass is 9.47. The zero-order valence-corrected chi connectivity index (χ0v) is 13.6.